The van der Waals surface area contributed by atoms with Gasteiger partial charge in [0.05, 0.1) is 12.7 Å². The summed E-state index contributed by atoms with van der Waals surface area (Å²) in [7, 11) is 3.64. The number of rotatable bonds is 2. The molecule has 3 rings (SSSR count). The lowest BCUT2D eigenvalue weighted by Gasteiger charge is -2.39. The van der Waals surface area contributed by atoms with Gasteiger partial charge in [-0.2, -0.15) is 0 Å². The molecule has 2 heterocycles. The van der Waals surface area contributed by atoms with Gasteiger partial charge >= 0.3 is 5.97 Å². The number of methoxy groups -OCH3 is 1. The Morgan fingerprint density at radius 3 is 2.67 bits per heavy atom. The molecule has 1 aromatic carbocycles. The highest BCUT2D eigenvalue weighted by molar-refractivity contribution is 5.89. The van der Waals surface area contributed by atoms with Crippen molar-refractivity contribution in [3.05, 3.63) is 34.9 Å². The molecule has 0 bridgehead atoms. The molecule has 4 nitrogen and oxygen atoms in total. The lowest BCUT2D eigenvalue weighted by molar-refractivity contribution is 0.0600. The van der Waals surface area contributed by atoms with Crippen molar-refractivity contribution >= 4 is 5.97 Å². The highest BCUT2D eigenvalue weighted by Crippen LogP contribution is 2.25. The summed E-state index contributed by atoms with van der Waals surface area (Å²) < 4.78 is 4.80. The van der Waals surface area contributed by atoms with E-state index < -0.39 is 0 Å². The van der Waals surface area contributed by atoms with Gasteiger partial charge in [-0.15, -0.1) is 0 Å². The molecule has 2 aliphatic rings. The monoisotopic (exact) mass is 288 g/mol. The minimum absolute atomic E-state index is 0.240. The number of esters is 1. The Balaban J connectivity index is 1.70. The molecule has 1 saturated heterocycles. The Kier molecular flexibility index (Phi) is 4.27. The normalized spacial score (nSPS) is 21.0. The van der Waals surface area contributed by atoms with E-state index in [1.807, 2.05) is 12.1 Å². The van der Waals surface area contributed by atoms with E-state index in [1.165, 1.54) is 44.2 Å². The molecule has 0 saturated carbocycles. The molecule has 21 heavy (non-hydrogen) atoms. The molecule has 0 atom stereocenters. The third kappa shape index (κ3) is 3.11. The highest BCUT2D eigenvalue weighted by Gasteiger charge is 2.26. The van der Waals surface area contributed by atoms with Crippen LogP contribution in [0.4, 0.5) is 0 Å². The van der Waals surface area contributed by atoms with E-state index in [2.05, 4.69) is 22.9 Å². The summed E-state index contributed by atoms with van der Waals surface area (Å²) >= 11 is 0. The average molecular weight is 288 g/mol. The number of fused-ring (bicyclic) bond motifs is 1. The number of benzene rings is 1. The summed E-state index contributed by atoms with van der Waals surface area (Å²) in [6, 6.07) is 6.72. The van der Waals surface area contributed by atoms with Crippen molar-refractivity contribution in [2.24, 2.45) is 0 Å². The molecule has 0 aromatic heterocycles. The van der Waals surface area contributed by atoms with Gasteiger partial charge in [0, 0.05) is 19.1 Å². The first-order valence-electron chi connectivity index (χ1n) is 7.80. The maximum atomic E-state index is 11.6. The van der Waals surface area contributed by atoms with Crippen molar-refractivity contribution in [1.29, 1.82) is 0 Å². The van der Waals surface area contributed by atoms with Crippen LogP contribution in [0.1, 0.15) is 34.3 Å². The third-order valence-corrected chi connectivity index (χ3v) is 4.87. The summed E-state index contributed by atoms with van der Waals surface area (Å²) in [5.74, 6) is -0.240. The van der Waals surface area contributed by atoms with Crippen LogP contribution in [0.5, 0.6) is 0 Å². The fraction of sp³-hybridized carbons (Fsp3) is 0.588. The molecule has 1 fully saturated rings. The lowest BCUT2D eigenvalue weighted by Crippen LogP contribution is -2.45. The van der Waals surface area contributed by atoms with Gasteiger partial charge in [0.15, 0.2) is 0 Å². The van der Waals surface area contributed by atoms with Gasteiger partial charge in [0.2, 0.25) is 0 Å². The number of ether oxygens (including phenoxy) is 1. The molecule has 4 heteroatoms. The van der Waals surface area contributed by atoms with Crippen LogP contribution in [0, 0.1) is 0 Å². The Morgan fingerprint density at radius 1 is 1.19 bits per heavy atom. The van der Waals surface area contributed by atoms with E-state index in [4.69, 9.17) is 4.74 Å². The van der Waals surface area contributed by atoms with E-state index >= 15 is 0 Å². The van der Waals surface area contributed by atoms with Crippen molar-refractivity contribution in [2.75, 3.05) is 33.8 Å². The number of hydrogen-bond donors (Lipinski definition) is 0. The molecule has 0 spiro atoms. The molecule has 0 aliphatic carbocycles. The van der Waals surface area contributed by atoms with Gasteiger partial charge in [0.25, 0.3) is 0 Å². The van der Waals surface area contributed by atoms with Crippen LogP contribution < -0.4 is 0 Å². The molecule has 1 aromatic rings. The lowest BCUT2D eigenvalue weighted by atomic mass is 9.94. The first kappa shape index (κ1) is 14.5. The number of nitrogens with zero attached hydrogens (tertiary/aromatic N) is 2. The fourth-order valence-corrected chi connectivity index (χ4v) is 3.49. The second kappa shape index (κ2) is 6.16. The first-order chi connectivity index (χ1) is 10.2. The number of hydrogen-bond acceptors (Lipinski definition) is 4. The number of carbonyl (C=O) groups is 1. The minimum atomic E-state index is -0.240. The topological polar surface area (TPSA) is 32.8 Å². The Hall–Kier alpha value is -1.39. The fourth-order valence-electron chi connectivity index (χ4n) is 3.49. The molecule has 114 valence electrons. The van der Waals surface area contributed by atoms with Crippen molar-refractivity contribution in [1.82, 2.24) is 9.80 Å². The molecular weight excluding hydrogens is 264 g/mol. The van der Waals surface area contributed by atoms with Gasteiger partial charge < -0.3 is 9.64 Å². The molecular formula is C17H24N2O2. The van der Waals surface area contributed by atoms with Crippen molar-refractivity contribution in [2.45, 2.75) is 31.8 Å². The van der Waals surface area contributed by atoms with Crippen molar-refractivity contribution in [3.63, 3.8) is 0 Å². The quantitative estimate of drug-likeness (QED) is 0.779. The molecule has 0 amide bonds. The number of piperidine rings is 1. The zero-order valence-corrected chi connectivity index (χ0v) is 13.0. The van der Waals surface area contributed by atoms with Crippen LogP contribution >= 0.6 is 0 Å². The average Bonchev–Trinajstić information content (AvgIpc) is 2.54. The summed E-state index contributed by atoms with van der Waals surface area (Å²) in [4.78, 5) is 16.6. The second-order valence-electron chi connectivity index (χ2n) is 6.23. The van der Waals surface area contributed by atoms with Crippen LogP contribution in [0.15, 0.2) is 18.2 Å². The largest absolute Gasteiger partial charge is 0.465 e. The van der Waals surface area contributed by atoms with Crippen molar-refractivity contribution < 1.29 is 9.53 Å². The summed E-state index contributed by atoms with van der Waals surface area (Å²) in [6.07, 6.45) is 3.57. The van der Waals surface area contributed by atoms with E-state index in [1.54, 1.807) is 0 Å². The van der Waals surface area contributed by atoms with Crippen LogP contribution in [0.2, 0.25) is 0 Å². The van der Waals surface area contributed by atoms with Gasteiger partial charge in [-0.05, 0) is 62.7 Å². The maximum absolute atomic E-state index is 11.6. The van der Waals surface area contributed by atoms with Crippen LogP contribution in [-0.4, -0.2) is 55.6 Å². The summed E-state index contributed by atoms with van der Waals surface area (Å²) in [5, 5.41) is 0. The van der Waals surface area contributed by atoms with Crippen LogP contribution in [-0.2, 0) is 17.7 Å². The second-order valence-corrected chi connectivity index (χ2v) is 6.23. The SMILES string of the molecule is COC(=O)c1ccc2c(c1)CCN(C1CCN(C)CC1)C2. The Morgan fingerprint density at radius 2 is 1.95 bits per heavy atom. The third-order valence-electron chi connectivity index (χ3n) is 4.87. The molecule has 0 unspecified atom stereocenters. The smallest absolute Gasteiger partial charge is 0.337 e. The predicted molar refractivity (Wildman–Crippen MR) is 82.4 cm³/mol. The number of likely N-dealkylation sites (tertiary alicyclic amines) is 1. The highest BCUT2D eigenvalue weighted by atomic mass is 16.5. The molecule has 0 radical (unpaired) electrons. The first-order valence-corrected chi connectivity index (χ1v) is 7.80. The summed E-state index contributed by atoms with van der Waals surface area (Å²) in [5.41, 5.74) is 3.35. The van der Waals surface area contributed by atoms with E-state index in [0.717, 1.165) is 25.6 Å². The van der Waals surface area contributed by atoms with E-state index in [9.17, 15) is 4.79 Å². The van der Waals surface area contributed by atoms with Crippen molar-refractivity contribution in [3.8, 4) is 0 Å². The number of carbonyl (C=O) groups excluding carboxylic acids is 1. The van der Waals surface area contributed by atoms with Crippen LogP contribution in [0.25, 0.3) is 0 Å². The van der Waals surface area contributed by atoms with Gasteiger partial charge in [-0.3, -0.25) is 4.90 Å². The predicted octanol–water partition coefficient (Wildman–Crippen LogP) is 1.93. The van der Waals surface area contributed by atoms with Gasteiger partial charge in [0.1, 0.15) is 0 Å². The Labute approximate surface area is 126 Å². The van der Waals surface area contributed by atoms with Gasteiger partial charge in [-0.1, -0.05) is 6.07 Å². The minimum Gasteiger partial charge on any atom is -0.465 e. The molecule has 0 N–H and O–H groups in total. The van der Waals surface area contributed by atoms with E-state index in [-0.39, 0.29) is 5.97 Å². The summed E-state index contributed by atoms with van der Waals surface area (Å²) in [6.45, 7) is 4.53. The zero-order chi connectivity index (χ0) is 14.8. The van der Waals surface area contributed by atoms with E-state index in [0.29, 0.717) is 5.56 Å². The standard InChI is InChI=1S/C17H24N2O2/c1-18-8-6-16(7-9-18)19-10-5-13-11-14(17(20)21-2)3-4-15(13)12-19/h3-4,11,16H,5-10,12H2,1-2H3. The molecule has 2 aliphatic heterocycles. The Bertz CT molecular complexity index is 522. The van der Waals surface area contributed by atoms with Gasteiger partial charge in [-0.25, -0.2) is 4.79 Å². The van der Waals surface area contributed by atoms with Crippen LogP contribution in [0.3, 0.4) is 0 Å². The maximum Gasteiger partial charge on any atom is 0.337 e. The zero-order valence-electron chi connectivity index (χ0n) is 13.0.